The number of methoxy groups -OCH3 is 1. The first kappa shape index (κ1) is 21.1. The van der Waals surface area contributed by atoms with Crippen LogP contribution in [0.15, 0.2) is 40.8 Å². The van der Waals surface area contributed by atoms with Gasteiger partial charge in [0, 0.05) is 14.0 Å². The number of benzene rings is 1. The largest absolute Gasteiger partial charge is 0.468 e. The van der Waals surface area contributed by atoms with E-state index in [9.17, 15) is 18.0 Å². The summed E-state index contributed by atoms with van der Waals surface area (Å²) in [5, 5.41) is 0. The molecule has 1 aromatic carbocycles. The quantitative estimate of drug-likeness (QED) is 0.519. The van der Waals surface area contributed by atoms with Gasteiger partial charge >= 0.3 is 11.9 Å². The van der Waals surface area contributed by atoms with Gasteiger partial charge in [-0.2, -0.15) is 4.31 Å². The molecule has 0 bridgehead atoms. The zero-order chi connectivity index (χ0) is 20.2. The van der Waals surface area contributed by atoms with Crippen molar-refractivity contribution in [3.63, 3.8) is 0 Å². The van der Waals surface area contributed by atoms with Gasteiger partial charge in [0.15, 0.2) is 0 Å². The van der Waals surface area contributed by atoms with E-state index in [-0.39, 0.29) is 11.3 Å². The van der Waals surface area contributed by atoms with Gasteiger partial charge in [-0.3, -0.25) is 9.59 Å². The third-order valence-corrected chi connectivity index (χ3v) is 6.48. The van der Waals surface area contributed by atoms with E-state index >= 15 is 0 Å². The molecule has 0 heterocycles. The molecule has 1 aliphatic carbocycles. The molecule has 148 valence electrons. The van der Waals surface area contributed by atoms with E-state index in [4.69, 9.17) is 9.47 Å². The van der Waals surface area contributed by atoms with Crippen LogP contribution in [0.5, 0.6) is 0 Å². The summed E-state index contributed by atoms with van der Waals surface area (Å²) < 4.78 is 37.0. The maximum absolute atomic E-state index is 13.0. The molecule has 7 nitrogen and oxygen atoms in total. The summed E-state index contributed by atoms with van der Waals surface area (Å²) in [6.07, 6.45) is 2.87. The molecule has 8 heteroatoms. The summed E-state index contributed by atoms with van der Waals surface area (Å²) in [5.74, 6) is -1.08. The number of rotatable bonds is 7. The molecule has 27 heavy (non-hydrogen) atoms. The number of esters is 2. The van der Waals surface area contributed by atoms with Crippen LogP contribution in [0.1, 0.15) is 31.7 Å². The Bertz CT molecular complexity index is 828. The highest BCUT2D eigenvalue weighted by atomic mass is 32.2. The molecular formula is C19H25NO6S. The fourth-order valence-corrected chi connectivity index (χ4v) is 4.36. The minimum atomic E-state index is -3.89. The van der Waals surface area contributed by atoms with Crippen molar-refractivity contribution in [2.24, 2.45) is 0 Å². The zero-order valence-electron chi connectivity index (χ0n) is 16.0. The summed E-state index contributed by atoms with van der Waals surface area (Å²) in [5.41, 5.74) is 1.66. The summed E-state index contributed by atoms with van der Waals surface area (Å²) in [6.45, 7) is 3.18. The molecule has 0 N–H and O–H groups in total. The van der Waals surface area contributed by atoms with Crippen LogP contribution < -0.4 is 0 Å². The molecule has 1 unspecified atom stereocenters. The Labute approximate surface area is 160 Å². The Morgan fingerprint density at radius 3 is 2.44 bits per heavy atom. The molecule has 1 aliphatic rings. The van der Waals surface area contributed by atoms with Crippen molar-refractivity contribution in [2.45, 2.75) is 50.2 Å². The van der Waals surface area contributed by atoms with E-state index < -0.39 is 34.1 Å². The number of sulfonamides is 1. The van der Waals surface area contributed by atoms with E-state index in [1.165, 1.54) is 33.2 Å². The molecule has 1 aromatic rings. The first-order valence-corrected chi connectivity index (χ1v) is 10.1. The SMILES string of the molecule is COC(=O)[C@H](CC1=CCCC1OC(C)=O)N(C)S(=O)(=O)c1ccc(C)cc1. The Morgan fingerprint density at radius 2 is 1.89 bits per heavy atom. The molecule has 0 radical (unpaired) electrons. The standard InChI is InChI=1S/C19H25NO6S/c1-13-8-10-16(11-9-13)27(23,24)20(3)17(19(22)25-4)12-15-6-5-7-18(15)26-14(2)21/h6,8-11,17-18H,5,7,12H2,1-4H3/t17-,18?/m0/s1. The van der Waals surface area contributed by atoms with Crippen LogP contribution in [-0.4, -0.2) is 51.0 Å². The Balaban J connectivity index is 2.29. The number of carbonyl (C=O) groups is 2. The van der Waals surface area contributed by atoms with Crippen LogP contribution in [0.25, 0.3) is 0 Å². The summed E-state index contributed by atoms with van der Waals surface area (Å²) >= 11 is 0. The van der Waals surface area contributed by atoms with Gasteiger partial charge in [-0.1, -0.05) is 23.8 Å². The molecule has 0 aromatic heterocycles. The lowest BCUT2D eigenvalue weighted by molar-refractivity contribution is -0.145. The lowest BCUT2D eigenvalue weighted by Gasteiger charge is -2.27. The highest BCUT2D eigenvalue weighted by Crippen LogP contribution is 2.29. The number of hydrogen-bond acceptors (Lipinski definition) is 6. The molecule has 0 amide bonds. The van der Waals surface area contributed by atoms with Gasteiger partial charge in [-0.05, 0) is 43.9 Å². The third kappa shape index (κ3) is 4.95. The fraction of sp³-hybridized carbons (Fsp3) is 0.474. The highest BCUT2D eigenvalue weighted by molar-refractivity contribution is 7.89. The monoisotopic (exact) mass is 395 g/mol. The van der Waals surface area contributed by atoms with Crippen molar-refractivity contribution in [1.29, 1.82) is 0 Å². The second-order valence-corrected chi connectivity index (χ2v) is 8.53. The first-order chi connectivity index (χ1) is 12.7. The predicted molar refractivity (Wildman–Crippen MR) is 99.4 cm³/mol. The second-order valence-electron chi connectivity index (χ2n) is 6.53. The van der Waals surface area contributed by atoms with Crippen molar-refractivity contribution in [2.75, 3.05) is 14.2 Å². The van der Waals surface area contributed by atoms with Gasteiger partial charge in [0.05, 0.1) is 12.0 Å². The van der Waals surface area contributed by atoms with E-state index in [2.05, 4.69) is 0 Å². The number of aryl methyl sites for hydroxylation is 1. The Hall–Kier alpha value is -2.19. The number of allylic oxidation sites excluding steroid dienone is 1. The van der Waals surface area contributed by atoms with Gasteiger partial charge in [0.1, 0.15) is 12.1 Å². The van der Waals surface area contributed by atoms with Gasteiger partial charge in [-0.25, -0.2) is 8.42 Å². The topological polar surface area (TPSA) is 90.0 Å². The minimum Gasteiger partial charge on any atom is -0.468 e. The molecule has 2 rings (SSSR count). The smallest absolute Gasteiger partial charge is 0.324 e. The number of likely N-dealkylation sites (N-methyl/N-ethyl adjacent to an activating group) is 1. The number of carbonyl (C=O) groups excluding carboxylic acids is 2. The predicted octanol–water partition coefficient (Wildman–Crippen LogP) is 2.20. The molecule has 2 atom stereocenters. The van der Waals surface area contributed by atoms with E-state index in [1.54, 1.807) is 12.1 Å². The van der Waals surface area contributed by atoms with Crippen LogP contribution in [0.4, 0.5) is 0 Å². The lowest BCUT2D eigenvalue weighted by Crippen LogP contribution is -2.43. The average molecular weight is 395 g/mol. The lowest BCUT2D eigenvalue weighted by atomic mass is 10.0. The van der Waals surface area contributed by atoms with Gasteiger partial charge in [0.2, 0.25) is 10.0 Å². The molecule has 0 fully saturated rings. The number of ether oxygens (including phenoxy) is 2. The molecule has 0 aliphatic heterocycles. The highest BCUT2D eigenvalue weighted by Gasteiger charge is 2.36. The third-order valence-electron chi connectivity index (χ3n) is 4.60. The van der Waals surface area contributed by atoms with E-state index in [1.807, 2.05) is 13.0 Å². The normalized spacial score (nSPS) is 18.1. The maximum atomic E-state index is 13.0. The minimum absolute atomic E-state index is 0.0986. The van der Waals surface area contributed by atoms with Crippen molar-refractivity contribution >= 4 is 22.0 Å². The molecular weight excluding hydrogens is 370 g/mol. The fourth-order valence-electron chi connectivity index (χ4n) is 3.05. The van der Waals surface area contributed by atoms with Gasteiger partial charge in [0.25, 0.3) is 0 Å². The van der Waals surface area contributed by atoms with Gasteiger partial charge < -0.3 is 9.47 Å². The van der Waals surface area contributed by atoms with Crippen LogP contribution in [-0.2, 0) is 29.1 Å². The molecule has 0 saturated heterocycles. The van der Waals surface area contributed by atoms with Crippen LogP contribution >= 0.6 is 0 Å². The Morgan fingerprint density at radius 1 is 1.26 bits per heavy atom. The maximum Gasteiger partial charge on any atom is 0.324 e. The van der Waals surface area contributed by atoms with Crippen molar-refractivity contribution in [3.8, 4) is 0 Å². The first-order valence-electron chi connectivity index (χ1n) is 8.65. The summed E-state index contributed by atoms with van der Waals surface area (Å²) in [6, 6.07) is 5.36. The van der Waals surface area contributed by atoms with Crippen LogP contribution in [0, 0.1) is 6.92 Å². The van der Waals surface area contributed by atoms with Crippen LogP contribution in [0.3, 0.4) is 0 Å². The van der Waals surface area contributed by atoms with Crippen molar-refractivity contribution < 1.29 is 27.5 Å². The van der Waals surface area contributed by atoms with Crippen molar-refractivity contribution in [3.05, 3.63) is 41.5 Å². The second kappa shape index (κ2) is 8.67. The molecule has 0 saturated carbocycles. The number of nitrogens with zero attached hydrogens (tertiary/aromatic N) is 1. The zero-order valence-corrected chi connectivity index (χ0v) is 16.8. The van der Waals surface area contributed by atoms with Crippen molar-refractivity contribution in [1.82, 2.24) is 4.31 Å². The van der Waals surface area contributed by atoms with E-state index in [0.717, 1.165) is 15.4 Å². The number of hydrogen-bond donors (Lipinski definition) is 0. The average Bonchev–Trinajstić information content (AvgIpc) is 3.04. The summed E-state index contributed by atoms with van der Waals surface area (Å²) in [7, 11) is -1.32. The Kier molecular flexibility index (Phi) is 6.78. The van der Waals surface area contributed by atoms with Gasteiger partial charge in [-0.15, -0.1) is 0 Å². The van der Waals surface area contributed by atoms with E-state index in [0.29, 0.717) is 12.8 Å². The van der Waals surface area contributed by atoms with Crippen LogP contribution in [0.2, 0.25) is 0 Å². The molecule has 0 spiro atoms. The summed E-state index contributed by atoms with van der Waals surface area (Å²) in [4.78, 5) is 23.7.